The summed E-state index contributed by atoms with van der Waals surface area (Å²) in [4.78, 5) is 0. The third kappa shape index (κ3) is 2.07. The molecule has 1 heteroatoms. The minimum atomic E-state index is -2.47. The molecule has 0 saturated heterocycles. The molecule has 0 radical (unpaired) electrons. The highest BCUT2D eigenvalue weighted by molar-refractivity contribution is 6.08. The van der Waals surface area contributed by atoms with Crippen LogP contribution in [-0.2, 0) is 5.41 Å². The van der Waals surface area contributed by atoms with E-state index in [0.29, 0.717) is 11.0 Å². The largest absolute Gasteiger partial charge is 0.455 e. The molecule has 0 aliphatic heterocycles. The van der Waals surface area contributed by atoms with Gasteiger partial charge in [-0.15, -0.1) is 0 Å². The van der Waals surface area contributed by atoms with Crippen molar-refractivity contribution in [3.05, 3.63) is 46.0 Å². The highest BCUT2D eigenvalue weighted by Crippen LogP contribution is 2.40. The summed E-state index contributed by atoms with van der Waals surface area (Å²) in [6.07, 6.45) is 0. The smallest absolute Gasteiger partial charge is 0.139 e. The normalized spacial score (nSPS) is 18.0. The lowest BCUT2D eigenvalue weighted by atomic mass is 9.81. The second kappa shape index (κ2) is 4.37. The molecule has 3 aromatic rings. The van der Waals surface area contributed by atoms with E-state index in [1.54, 1.807) is 6.07 Å². The van der Waals surface area contributed by atoms with Crippen molar-refractivity contribution in [1.29, 1.82) is 0 Å². The van der Waals surface area contributed by atoms with Gasteiger partial charge in [-0.25, -0.2) is 0 Å². The highest BCUT2D eigenvalue weighted by atomic mass is 16.3. The number of hydrogen-bond donors (Lipinski definition) is 0. The van der Waals surface area contributed by atoms with Gasteiger partial charge in [-0.3, -0.25) is 0 Å². The Labute approximate surface area is 135 Å². The van der Waals surface area contributed by atoms with Gasteiger partial charge < -0.3 is 4.42 Å². The highest BCUT2D eigenvalue weighted by Gasteiger charge is 2.24. The molecule has 0 N–H and O–H groups in total. The van der Waals surface area contributed by atoms with Crippen LogP contribution < -0.4 is 0 Å². The molecule has 2 aromatic carbocycles. The zero-order chi connectivity index (χ0) is 20.5. The second-order valence-electron chi connectivity index (χ2n) is 6.82. The first-order valence-electron chi connectivity index (χ1n) is 10.1. The fourth-order valence-electron chi connectivity index (χ4n) is 3.14. The van der Waals surface area contributed by atoms with Crippen LogP contribution >= 0.6 is 0 Å². The van der Waals surface area contributed by atoms with Crippen LogP contribution in [-0.4, -0.2) is 0 Å². The Bertz CT molecular complexity index is 1050. The maximum atomic E-state index is 7.88. The molecule has 0 aliphatic rings. The van der Waals surface area contributed by atoms with Crippen molar-refractivity contribution in [1.82, 2.24) is 0 Å². The van der Waals surface area contributed by atoms with Crippen molar-refractivity contribution in [2.45, 2.75) is 53.7 Å². The fraction of sp³-hybridized carbons (Fsp3) is 0.400. The summed E-state index contributed by atoms with van der Waals surface area (Å²) in [6, 6.07) is 4.74. The van der Waals surface area contributed by atoms with E-state index in [0.717, 1.165) is 22.1 Å². The molecule has 0 bridgehead atoms. The van der Waals surface area contributed by atoms with Gasteiger partial charge in [0, 0.05) is 24.6 Å². The number of furan rings is 1. The van der Waals surface area contributed by atoms with Crippen molar-refractivity contribution in [3.8, 4) is 0 Å². The minimum Gasteiger partial charge on any atom is -0.455 e. The van der Waals surface area contributed by atoms with Gasteiger partial charge in [0.25, 0.3) is 0 Å². The van der Waals surface area contributed by atoms with E-state index in [4.69, 9.17) is 12.6 Å². The Balaban J connectivity index is 2.59. The molecule has 21 heavy (non-hydrogen) atoms. The molecule has 3 rings (SSSR count). The molecule has 110 valence electrons. The van der Waals surface area contributed by atoms with Crippen molar-refractivity contribution in [3.63, 3.8) is 0 Å². The predicted octanol–water partition coefficient (Wildman–Crippen LogP) is 6.12. The Kier molecular flexibility index (Phi) is 1.79. The number of fused-ring (bicyclic) bond motifs is 3. The van der Waals surface area contributed by atoms with E-state index in [2.05, 4.69) is 20.8 Å². The molecule has 0 amide bonds. The average Bonchev–Trinajstić information content (AvgIpc) is 2.81. The van der Waals surface area contributed by atoms with Crippen LogP contribution in [0.15, 0.2) is 22.6 Å². The fourth-order valence-corrected chi connectivity index (χ4v) is 3.14. The van der Waals surface area contributed by atoms with Crippen molar-refractivity contribution in [2.75, 3.05) is 0 Å². The third-order valence-corrected chi connectivity index (χ3v) is 4.13. The number of hydrogen-bond acceptors (Lipinski definition) is 1. The van der Waals surface area contributed by atoms with Gasteiger partial charge >= 0.3 is 0 Å². The molecule has 0 spiro atoms. The molecular weight excluding hydrogens is 256 g/mol. The summed E-state index contributed by atoms with van der Waals surface area (Å²) >= 11 is 0. The maximum absolute atomic E-state index is 7.88. The summed E-state index contributed by atoms with van der Waals surface area (Å²) in [5.74, 6) is 0. The molecule has 0 aliphatic carbocycles. The zero-order valence-corrected chi connectivity index (χ0v) is 13.1. The van der Waals surface area contributed by atoms with Gasteiger partial charge in [-0.1, -0.05) is 26.8 Å². The molecule has 1 nitrogen and oxygen atoms in total. The molecule has 0 atom stereocenters. The lowest BCUT2D eigenvalue weighted by Gasteiger charge is -2.23. The van der Waals surface area contributed by atoms with Gasteiger partial charge in [0.1, 0.15) is 11.2 Å². The quantitative estimate of drug-likeness (QED) is 0.485. The van der Waals surface area contributed by atoms with Crippen molar-refractivity contribution in [2.24, 2.45) is 0 Å². The molecule has 0 saturated carbocycles. The molecule has 0 unspecified atom stereocenters. The Morgan fingerprint density at radius 2 is 1.62 bits per heavy atom. The first-order chi connectivity index (χ1) is 12.1. The first kappa shape index (κ1) is 8.63. The minimum absolute atomic E-state index is 0.0133. The van der Waals surface area contributed by atoms with Crippen LogP contribution in [0.3, 0.4) is 0 Å². The molecular formula is C20H24O. The van der Waals surface area contributed by atoms with Crippen molar-refractivity contribution < 1.29 is 12.6 Å². The lowest BCUT2D eigenvalue weighted by molar-refractivity contribution is 0.568. The van der Waals surface area contributed by atoms with E-state index in [1.807, 2.05) is 19.9 Å². The van der Waals surface area contributed by atoms with Crippen LogP contribution in [0, 0.1) is 27.6 Å². The van der Waals surface area contributed by atoms with E-state index in [1.165, 1.54) is 6.07 Å². The Hall–Kier alpha value is -1.76. The summed E-state index contributed by atoms with van der Waals surface area (Å²) in [5, 5.41) is 1.30. The summed E-state index contributed by atoms with van der Waals surface area (Å²) in [6.45, 7) is 5.41. The van der Waals surface area contributed by atoms with E-state index in [9.17, 15) is 0 Å². The number of aryl methyl sites for hydroxylation is 3. The monoisotopic (exact) mass is 286 g/mol. The number of benzene rings is 2. The molecule has 0 fully saturated rings. The number of rotatable bonds is 0. The topological polar surface area (TPSA) is 13.1 Å². The van der Waals surface area contributed by atoms with Crippen LogP contribution in [0.25, 0.3) is 21.9 Å². The Morgan fingerprint density at radius 3 is 2.24 bits per heavy atom. The Morgan fingerprint density at radius 1 is 0.905 bits per heavy atom. The van der Waals surface area contributed by atoms with E-state index >= 15 is 0 Å². The van der Waals surface area contributed by atoms with Crippen molar-refractivity contribution >= 4 is 21.9 Å². The van der Waals surface area contributed by atoms with Crippen LogP contribution in [0.1, 0.15) is 56.8 Å². The van der Waals surface area contributed by atoms with Gasteiger partial charge in [-0.2, -0.15) is 0 Å². The molecule has 1 heterocycles. The van der Waals surface area contributed by atoms with Gasteiger partial charge in [0.2, 0.25) is 0 Å². The van der Waals surface area contributed by atoms with Gasteiger partial charge in [-0.05, 0) is 67.4 Å². The van der Waals surface area contributed by atoms with E-state index in [-0.39, 0.29) is 22.1 Å². The van der Waals surface area contributed by atoms with Crippen LogP contribution in [0.5, 0.6) is 0 Å². The first-order valence-corrected chi connectivity index (χ1v) is 7.14. The van der Waals surface area contributed by atoms with Gasteiger partial charge in [0.05, 0.1) is 0 Å². The standard InChI is InChI=1S/C20H24O/c1-11-8-13(3)18-15(9-11)16-10-12(2)14(4)17(19(16)21-18)20(5,6)7/h8-10H,1-7H3/i1D3,3D3. The predicted molar refractivity (Wildman–Crippen MR) is 91.4 cm³/mol. The van der Waals surface area contributed by atoms with Crippen LogP contribution in [0.4, 0.5) is 0 Å². The third-order valence-electron chi connectivity index (χ3n) is 4.13. The molecule has 1 aromatic heterocycles. The van der Waals surface area contributed by atoms with Gasteiger partial charge in [0.15, 0.2) is 0 Å². The zero-order valence-electron chi connectivity index (χ0n) is 19.1. The average molecular weight is 286 g/mol. The summed E-state index contributed by atoms with van der Waals surface area (Å²) < 4.78 is 53.0. The second-order valence-corrected chi connectivity index (χ2v) is 6.82. The lowest BCUT2D eigenvalue weighted by Crippen LogP contribution is -2.14. The summed E-state index contributed by atoms with van der Waals surface area (Å²) in [5.41, 5.74) is 3.79. The van der Waals surface area contributed by atoms with E-state index < -0.39 is 13.7 Å². The van der Waals surface area contributed by atoms with Crippen LogP contribution in [0.2, 0.25) is 0 Å². The summed E-state index contributed by atoms with van der Waals surface area (Å²) in [7, 11) is 0. The SMILES string of the molecule is [2H]C([2H])([2H])c1cc(C([2H])([2H])[2H])c2oc3c(C(C)(C)C)c(C)c(C)cc3c2c1. The maximum Gasteiger partial charge on any atom is 0.139 e.